The maximum Gasteiger partial charge on any atom is 0.229 e. The fourth-order valence-corrected chi connectivity index (χ4v) is 3.78. The minimum Gasteiger partial charge on any atom is -0.355 e. The van der Waals surface area contributed by atoms with Crippen LogP contribution in [0.1, 0.15) is 49.4 Å². The number of rotatable bonds is 7. The Bertz CT molecular complexity index is 738. The maximum atomic E-state index is 4.86. The molecule has 1 aromatic heterocycles. The van der Waals surface area contributed by atoms with E-state index < -0.39 is 0 Å². The molecule has 146 valence electrons. The molecule has 27 heavy (non-hydrogen) atoms. The summed E-state index contributed by atoms with van der Waals surface area (Å²) in [4.78, 5) is 12.1. The van der Waals surface area contributed by atoms with Crippen molar-refractivity contribution < 1.29 is 0 Å². The second kappa shape index (κ2) is 9.18. The van der Waals surface area contributed by atoms with E-state index in [1.807, 2.05) is 7.05 Å². The number of piperidine rings is 1. The zero-order valence-electron chi connectivity index (χ0n) is 17.2. The van der Waals surface area contributed by atoms with Crippen molar-refractivity contribution in [3.63, 3.8) is 0 Å². The van der Waals surface area contributed by atoms with Gasteiger partial charge in [-0.15, -0.1) is 0 Å². The van der Waals surface area contributed by atoms with Gasteiger partial charge in [0, 0.05) is 36.6 Å². The SMILES string of the molecule is CCCCc1cc(N2CCCC(NC)C2)nc(Nc2cc(C)cc(C)c2)n1. The lowest BCUT2D eigenvalue weighted by molar-refractivity contribution is 0.447. The molecule has 1 saturated heterocycles. The van der Waals surface area contributed by atoms with Crippen molar-refractivity contribution in [2.45, 2.75) is 58.9 Å². The molecule has 2 heterocycles. The van der Waals surface area contributed by atoms with Crippen LogP contribution in [0.4, 0.5) is 17.5 Å². The standard InChI is InChI=1S/C22H33N5/c1-5-6-8-18-14-21(27-10-7-9-19(15-27)23-4)26-22(24-18)25-20-12-16(2)11-17(3)13-20/h11-14,19,23H,5-10,15H2,1-4H3,(H,24,25,26). The van der Waals surface area contributed by atoms with Crippen LogP contribution in [0.5, 0.6) is 0 Å². The third-order valence-electron chi connectivity index (χ3n) is 5.18. The van der Waals surface area contributed by atoms with Crippen molar-refractivity contribution in [1.82, 2.24) is 15.3 Å². The summed E-state index contributed by atoms with van der Waals surface area (Å²) in [6.07, 6.45) is 5.74. The Balaban J connectivity index is 1.87. The minimum atomic E-state index is 0.531. The third kappa shape index (κ3) is 5.42. The Morgan fingerprint density at radius 1 is 1.11 bits per heavy atom. The number of nitrogens with one attached hydrogen (secondary N) is 2. The molecule has 0 radical (unpaired) electrons. The molecule has 3 rings (SSSR count). The van der Waals surface area contributed by atoms with Crippen molar-refractivity contribution in [2.24, 2.45) is 0 Å². The lowest BCUT2D eigenvalue weighted by Gasteiger charge is -2.33. The van der Waals surface area contributed by atoms with E-state index in [2.05, 4.69) is 60.6 Å². The van der Waals surface area contributed by atoms with Crippen molar-refractivity contribution in [3.8, 4) is 0 Å². The Kier molecular flexibility index (Phi) is 6.67. The summed E-state index contributed by atoms with van der Waals surface area (Å²) in [5.41, 5.74) is 4.67. The van der Waals surface area contributed by atoms with Crippen LogP contribution < -0.4 is 15.5 Å². The van der Waals surface area contributed by atoms with Crippen LogP contribution in [-0.2, 0) is 6.42 Å². The molecule has 0 spiro atoms. The number of unbranched alkanes of at least 4 members (excludes halogenated alkanes) is 1. The zero-order valence-corrected chi connectivity index (χ0v) is 17.2. The van der Waals surface area contributed by atoms with E-state index in [0.29, 0.717) is 12.0 Å². The Morgan fingerprint density at radius 2 is 1.89 bits per heavy atom. The van der Waals surface area contributed by atoms with Gasteiger partial charge in [-0.2, -0.15) is 4.98 Å². The van der Waals surface area contributed by atoms with Gasteiger partial charge >= 0.3 is 0 Å². The van der Waals surface area contributed by atoms with Crippen LogP contribution >= 0.6 is 0 Å². The average Bonchev–Trinajstić information content (AvgIpc) is 2.65. The molecule has 0 aliphatic carbocycles. The number of benzene rings is 1. The molecule has 0 amide bonds. The van der Waals surface area contributed by atoms with Crippen LogP contribution in [0.2, 0.25) is 0 Å². The minimum absolute atomic E-state index is 0.531. The van der Waals surface area contributed by atoms with E-state index >= 15 is 0 Å². The van der Waals surface area contributed by atoms with Gasteiger partial charge in [-0.05, 0) is 69.8 Å². The van der Waals surface area contributed by atoms with E-state index in [4.69, 9.17) is 9.97 Å². The first-order chi connectivity index (χ1) is 13.1. The third-order valence-corrected chi connectivity index (χ3v) is 5.18. The predicted octanol–water partition coefficient (Wildman–Crippen LogP) is 4.37. The highest BCUT2D eigenvalue weighted by molar-refractivity contribution is 5.58. The zero-order chi connectivity index (χ0) is 19.2. The van der Waals surface area contributed by atoms with Gasteiger partial charge in [0.25, 0.3) is 0 Å². The smallest absolute Gasteiger partial charge is 0.229 e. The number of hydrogen-bond acceptors (Lipinski definition) is 5. The highest BCUT2D eigenvalue weighted by Gasteiger charge is 2.20. The van der Waals surface area contributed by atoms with Crippen molar-refractivity contribution in [1.29, 1.82) is 0 Å². The Hall–Kier alpha value is -2.14. The molecular weight excluding hydrogens is 334 g/mol. The first kappa shape index (κ1) is 19.6. The van der Waals surface area contributed by atoms with Gasteiger partial charge in [0.15, 0.2) is 0 Å². The molecular formula is C22H33N5. The van der Waals surface area contributed by atoms with E-state index in [1.165, 1.54) is 30.4 Å². The van der Waals surface area contributed by atoms with Gasteiger partial charge in [-0.25, -0.2) is 4.98 Å². The molecule has 0 saturated carbocycles. The average molecular weight is 368 g/mol. The second-order valence-electron chi connectivity index (χ2n) is 7.72. The second-order valence-corrected chi connectivity index (χ2v) is 7.72. The molecule has 2 N–H and O–H groups in total. The van der Waals surface area contributed by atoms with Crippen molar-refractivity contribution >= 4 is 17.5 Å². The summed E-state index contributed by atoms with van der Waals surface area (Å²) in [6.45, 7) is 8.52. The maximum absolute atomic E-state index is 4.86. The topological polar surface area (TPSA) is 53.1 Å². The van der Waals surface area contributed by atoms with Crippen LogP contribution in [0.25, 0.3) is 0 Å². The van der Waals surface area contributed by atoms with Crippen LogP contribution in [0, 0.1) is 13.8 Å². The monoisotopic (exact) mass is 367 g/mol. The first-order valence-corrected chi connectivity index (χ1v) is 10.2. The molecule has 2 aromatic rings. The van der Waals surface area contributed by atoms with Gasteiger partial charge in [0.05, 0.1) is 0 Å². The molecule has 5 nitrogen and oxygen atoms in total. The predicted molar refractivity (Wildman–Crippen MR) is 114 cm³/mol. The number of anilines is 3. The number of hydrogen-bond donors (Lipinski definition) is 2. The van der Waals surface area contributed by atoms with Gasteiger partial charge in [0.1, 0.15) is 5.82 Å². The Morgan fingerprint density at radius 3 is 2.59 bits per heavy atom. The summed E-state index contributed by atoms with van der Waals surface area (Å²) in [5, 5.41) is 6.86. The summed E-state index contributed by atoms with van der Waals surface area (Å²) in [7, 11) is 2.05. The van der Waals surface area contributed by atoms with Gasteiger partial charge in [-0.3, -0.25) is 0 Å². The quantitative estimate of drug-likeness (QED) is 0.761. The highest BCUT2D eigenvalue weighted by Crippen LogP contribution is 2.23. The molecule has 5 heteroatoms. The largest absolute Gasteiger partial charge is 0.355 e. The van der Waals surface area contributed by atoms with Crippen molar-refractivity contribution in [2.75, 3.05) is 30.4 Å². The van der Waals surface area contributed by atoms with E-state index in [0.717, 1.165) is 43.1 Å². The lowest BCUT2D eigenvalue weighted by Crippen LogP contribution is -2.44. The van der Waals surface area contributed by atoms with E-state index in [1.54, 1.807) is 0 Å². The van der Waals surface area contributed by atoms with Gasteiger partial charge in [-0.1, -0.05) is 19.4 Å². The summed E-state index contributed by atoms with van der Waals surface area (Å²) in [6, 6.07) is 9.18. The number of aromatic nitrogens is 2. The van der Waals surface area contributed by atoms with Crippen molar-refractivity contribution in [3.05, 3.63) is 41.1 Å². The number of nitrogens with zero attached hydrogens (tertiary/aromatic N) is 3. The molecule has 1 unspecified atom stereocenters. The van der Waals surface area contributed by atoms with E-state index in [9.17, 15) is 0 Å². The lowest BCUT2D eigenvalue weighted by atomic mass is 10.1. The molecule has 1 aromatic carbocycles. The highest BCUT2D eigenvalue weighted by atomic mass is 15.2. The normalized spacial score (nSPS) is 17.2. The molecule has 1 aliphatic heterocycles. The van der Waals surface area contributed by atoms with E-state index in [-0.39, 0.29) is 0 Å². The summed E-state index contributed by atoms with van der Waals surface area (Å²) >= 11 is 0. The van der Waals surface area contributed by atoms with Crippen LogP contribution in [-0.4, -0.2) is 36.1 Å². The fraction of sp³-hybridized carbons (Fsp3) is 0.545. The van der Waals surface area contributed by atoms with Gasteiger partial charge < -0.3 is 15.5 Å². The summed E-state index contributed by atoms with van der Waals surface area (Å²) < 4.78 is 0. The van der Waals surface area contributed by atoms with Crippen LogP contribution in [0.15, 0.2) is 24.3 Å². The summed E-state index contributed by atoms with van der Waals surface area (Å²) in [5.74, 6) is 1.75. The molecule has 1 fully saturated rings. The fourth-order valence-electron chi connectivity index (χ4n) is 3.78. The molecule has 0 bridgehead atoms. The molecule has 1 atom stereocenters. The number of likely N-dealkylation sites (N-methyl/N-ethyl adjacent to an activating group) is 1. The van der Waals surface area contributed by atoms with Crippen LogP contribution in [0.3, 0.4) is 0 Å². The first-order valence-electron chi connectivity index (χ1n) is 10.2. The molecule has 1 aliphatic rings. The number of aryl methyl sites for hydroxylation is 3. The van der Waals surface area contributed by atoms with Gasteiger partial charge in [0.2, 0.25) is 5.95 Å². The Labute approximate surface area is 163 Å².